The first-order valence-electron chi connectivity index (χ1n) is 15.1. The summed E-state index contributed by atoms with van der Waals surface area (Å²) < 4.78 is 40.1. The van der Waals surface area contributed by atoms with Crippen molar-refractivity contribution >= 4 is 33.8 Å². The molecule has 1 atom stereocenters. The molecule has 0 N–H and O–H groups in total. The lowest BCUT2D eigenvalue weighted by molar-refractivity contribution is -0.145. The second-order valence-corrected chi connectivity index (χ2v) is 12.3. The van der Waals surface area contributed by atoms with E-state index >= 15 is 0 Å². The Labute approximate surface area is 276 Å². The molecule has 5 nitrogen and oxygen atoms in total. The topological polar surface area (TPSA) is 43.9 Å². The monoisotopic (exact) mass is 689 g/mol. The second-order valence-electron chi connectivity index (χ2n) is 11.3. The van der Waals surface area contributed by atoms with Crippen LogP contribution in [0.25, 0.3) is 6.08 Å². The van der Waals surface area contributed by atoms with Crippen molar-refractivity contribution in [1.29, 1.82) is 0 Å². The van der Waals surface area contributed by atoms with Crippen LogP contribution >= 0.6 is 15.9 Å². The molecule has 1 aliphatic heterocycles. The van der Waals surface area contributed by atoms with Crippen LogP contribution in [0.1, 0.15) is 27.8 Å². The average Bonchev–Trinajstić information content (AvgIpc) is 3.07. The van der Waals surface area contributed by atoms with Crippen molar-refractivity contribution in [3.63, 3.8) is 0 Å². The van der Waals surface area contributed by atoms with Gasteiger partial charge in [0, 0.05) is 56.2 Å². The summed E-state index contributed by atoms with van der Waals surface area (Å²) >= 11 is 3.46. The molecule has 1 aliphatic rings. The largest absolute Gasteiger partial charge is 0.416 e. The molecule has 0 spiro atoms. The van der Waals surface area contributed by atoms with Crippen LogP contribution in [-0.2, 0) is 35.3 Å². The van der Waals surface area contributed by atoms with E-state index in [2.05, 4.69) is 33.0 Å². The average molecular weight is 691 g/mol. The lowest BCUT2D eigenvalue weighted by atomic mass is 10.0. The first kappa shape index (κ1) is 33.2. The first-order chi connectivity index (χ1) is 22.2. The molecule has 1 unspecified atom stereocenters. The molecular weight excluding hydrogens is 655 g/mol. The van der Waals surface area contributed by atoms with Gasteiger partial charge in [-0.2, -0.15) is 13.2 Å². The highest BCUT2D eigenvalue weighted by Crippen LogP contribution is 2.29. The molecule has 0 aliphatic carbocycles. The van der Waals surface area contributed by atoms with Gasteiger partial charge in [0.1, 0.15) is 6.04 Å². The molecule has 0 aromatic heterocycles. The van der Waals surface area contributed by atoms with Crippen LogP contribution in [0.2, 0.25) is 0 Å². The van der Waals surface area contributed by atoms with Gasteiger partial charge in [0.2, 0.25) is 11.8 Å². The zero-order valence-corrected chi connectivity index (χ0v) is 26.8. The Morgan fingerprint density at radius 1 is 0.761 bits per heavy atom. The Bertz CT molecular complexity index is 1600. The van der Waals surface area contributed by atoms with Gasteiger partial charge in [-0.1, -0.05) is 101 Å². The number of nitrogens with zero attached hydrogens (tertiary/aromatic N) is 3. The Morgan fingerprint density at radius 2 is 1.35 bits per heavy atom. The summed E-state index contributed by atoms with van der Waals surface area (Å²) in [4.78, 5) is 34.0. The number of carbonyl (C=O) groups excluding carboxylic acids is 2. The number of carbonyl (C=O) groups is 2. The fourth-order valence-corrected chi connectivity index (χ4v) is 5.79. The van der Waals surface area contributed by atoms with Gasteiger partial charge in [-0.15, -0.1) is 0 Å². The number of amides is 2. The normalized spacial score (nSPS) is 14.7. The van der Waals surface area contributed by atoms with Crippen molar-refractivity contribution in [2.24, 2.45) is 0 Å². The van der Waals surface area contributed by atoms with Crippen molar-refractivity contribution in [2.45, 2.75) is 31.7 Å². The predicted octanol–water partition coefficient (Wildman–Crippen LogP) is 7.47. The molecule has 238 valence electrons. The Hall–Kier alpha value is -4.21. The molecular formula is C37H35BrF3N3O2. The fraction of sp³-hybridized carbons (Fsp3) is 0.243. The molecule has 1 saturated heterocycles. The lowest BCUT2D eigenvalue weighted by Gasteiger charge is -2.39. The number of piperazine rings is 1. The second kappa shape index (κ2) is 15.4. The smallest absolute Gasteiger partial charge is 0.338 e. The van der Waals surface area contributed by atoms with E-state index < -0.39 is 23.7 Å². The van der Waals surface area contributed by atoms with E-state index in [1.807, 2.05) is 77.7 Å². The standard InChI is InChI=1S/C37H35BrF3N3O2/c38-33-18-13-31(14-19-33)27-44(35(45)20-15-28-11-16-32(17-12-28)37(39,40)41)34(25-29-7-3-1-4-8-29)36(46)43-23-21-42(22-24-43)26-30-9-5-2-6-10-30/h1-20,34H,21-27H2. The molecule has 0 saturated carbocycles. The Kier molecular flexibility index (Phi) is 11.1. The van der Waals surface area contributed by atoms with E-state index in [-0.39, 0.29) is 12.5 Å². The van der Waals surface area contributed by atoms with Gasteiger partial charge in [0.05, 0.1) is 5.56 Å². The number of benzene rings is 4. The molecule has 0 radical (unpaired) electrons. The van der Waals surface area contributed by atoms with Crippen LogP contribution in [0, 0.1) is 0 Å². The van der Waals surface area contributed by atoms with Crippen molar-refractivity contribution in [2.75, 3.05) is 26.2 Å². The van der Waals surface area contributed by atoms with Gasteiger partial charge in [0.15, 0.2) is 0 Å². The van der Waals surface area contributed by atoms with Crippen LogP contribution in [0.4, 0.5) is 13.2 Å². The van der Waals surface area contributed by atoms with E-state index in [1.165, 1.54) is 29.8 Å². The maximum absolute atomic E-state index is 14.3. The van der Waals surface area contributed by atoms with Gasteiger partial charge in [-0.3, -0.25) is 14.5 Å². The van der Waals surface area contributed by atoms with E-state index in [1.54, 1.807) is 4.90 Å². The third-order valence-electron chi connectivity index (χ3n) is 8.07. The Balaban J connectivity index is 1.40. The quantitative estimate of drug-likeness (QED) is 0.162. The van der Waals surface area contributed by atoms with Crippen molar-refractivity contribution < 1.29 is 22.8 Å². The van der Waals surface area contributed by atoms with Crippen LogP contribution < -0.4 is 0 Å². The van der Waals surface area contributed by atoms with Gasteiger partial charge in [0.25, 0.3) is 0 Å². The number of hydrogen-bond acceptors (Lipinski definition) is 3. The van der Waals surface area contributed by atoms with Crippen LogP contribution in [-0.4, -0.2) is 58.7 Å². The molecule has 1 heterocycles. The summed E-state index contributed by atoms with van der Waals surface area (Å²) in [5.74, 6) is -0.531. The molecule has 4 aromatic rings. The summed E-state index contributed by atoms with van der Waals surface area (Å²) in [6.07, 6.45) is -1.30. The predicted molar refractivity (Wildman–Crippen MR) is 177 cm³/mol. The van der Waals surface area contributed by atoms with Crippen LogP contribution in [0.5, 0.6) is 0 Å². The highest BCUT2D eigenvalue weighted by molar-refractivity contribution is 9.10. The highest BCUT2D eigenvalue weighted by Gasteiger charge is 2.34. The van der Waals surface area contributed by atoms with Crippen LogP contribution in [0.3, 0.4) is 0 Å². The van der Waals surface area contributed by atoms with Crippen molar-refractivity contribution in [3.8, 4) is 0 Å². The molecule has 0 bridgehead atoms. The van der Waals surface area contributed by atoms with Gasteiger partial charge in [-0.05, 0) is 52.6 Å². The lowest BCUT2D eigenvalue weighted by Crippen LogP contribution is -2.56. The SMILES string of the molecule is O=C(C(Cc1ccccc1)N(Cc1ccc(Br)cc1)C(=O)C=Cc1ccc(C(F)(F)F)cc1)N1CCN(Cc2ccccc2)CC1. The zero-order chi connectivity index (χ0) is 32.5. The number of halogens is 4. The van der Waals surface area contributed by atoms with Crippen LogP contribution in [0.15, 0.2) is 120 Å². The van der Waals surface area contributed by atoms with E-state index in [0.717, 1.165) is 34.3 Å². The number of alkyl halides is 3. The van der Waals surface area contributed by atoms with E-state index in [4.69, 9.17) is 0 Å². The van der Waals surface area contributed by atoms with E-state index in [9.17, 15) is 22.8 Å². The zero-order valence-electron chi connectivity index (χ0n) is 25.2. The molecule has 5 rings (SSSR count). The Morgan fingerprint density at radius 3 is 1.93 bits per heavy atom. The number of rotatable bonds is 10. The molecule has 4 aromatic carbocycles. The molecule has 46 heavy (non-hydrogen) atoms. The molecule has 1 fully saturated rings. The van der Waals surface area contributed by atoms with Gasteiger partial charge < -0.3 is 9.80 Å². The summed E-state index contributed by atoms with van der Waals surface area (Å²) in [5.41, 5.74) is 2.67. The third kappa shape index (κ3) is 9.17. The summed E-state index contributed by atoms with van der Waals surface area (Å²) in [7, 11) is 0. The minimum Gasteiger partial charge on any atom is -0.338 e. The first-order valence-corrected chi connectivity index (χ1v) is 15.9. The molecule has 9 heteroatoms. The minimum absolute atomic E-state index is 0.128. The highest BCUT2D eigenvalue weighted by atomic mass is 79.9. The third-order valence-corrected chi connectivity index (χ3v) is 8.60. The van der Waals surface area contributed by atoms with E-state index in [0.29, 0.717) is 38.2 Å². The summed E-state index contributed by atoms with van der Waals surface area (Å²) in [6.45, 7) is 3.50. The maximum Gasteiger partial charge on any atom is 0.416 e. The van der Waals surface area contributed by atoms with Crippen molar-refractivity contribution in [3.05, 3.63) is 148 Å². The van der Waals surface area contributed by atoms with Crippen molar-refractivity contribution in [1.82, 2.24) is 14.7 Å². The minimum atomic E-state index is -4.45. The maximum atomic E-state index is 14.3. The number of hydrogen-bond donors (Lipinski definition) is 0. The summed E-state index contributed by atoms with van der Waals surface area (Å²) in [5, 5.41) is 0. The molecule has 2 amide bonds. The summed E-state index contributed by atoms with van der Waals surface area (Å²) in [6, 6.07) is 31.2. The van der Waals surface area contributed by atoms with Gasteiger partial charge >= 0.3 is 6.18 Å². The van der Waals surface area contributed by atoms with Gasteiger partial charge in [-0.25, -0.2) is 0 Å². The fourth-order valence-electron chi connectivity index (χ4n) is 5.52.